The molecule has 2 unspecified atom stereocenters. The van der Waals surface area contributed by atoms with Crippen molar-refractivity contribution in [3.8, 4) is 0 Å². The van der Waals surface area contributed by atoms with Crippen molar-refractivity contribution in [2.24, 2.45) is 11.7 Å². The molecule has 0 heterocycles. The van der Waals surface area contributed by atoms with E-state index in [-0.39, 0.29) is 31.0 Å². The number of carbonyl (C=O) groups excluding carboxylic acids is 1. The summed E-state index contributed by atoms with van der Waals surface area (Å²) in [5.41, 5.74) is 5.26. The molecule has 1 aliphatic rings. The lowest BCUT2D eigenvalue weighted by molar-refractivity contribution is -0.387. The second-order valence-corrected chi connectivity index (χ2v) is 7.42. The highest BCUT2D eigenvalue weighted by Gasteiger charge is 2.28. The van der Waals surface area contributed by atoms with Crippen molar-refractivity contribution in [3.63, 3.8) is 0 Å². The summed E-state index contributed by atoms with van der Waals surface area (Å²) >= 11 is 0. The number of nitrogens with two attached hydrogens (primary N) is 1. The maximum Gasteiger partial charge on any atom is 0.289 e. The number of carbonyl (C=O) groups is 1. The number of nitro groups is 1. The van der Waals surface area contributed by atoms with E-state index < -0.39 is 25.5 Å². The minimum absolute atomic E-state index is 0.0397. The molecule has 0 aromatic heterocycles. The molecule has 1 amide bonds. The Balaban J connectivity index is 1.87. The molecule has 24 heavy (non-hydrogen) atoms. The molecule has 2 atom stereocenters. The molecule has 132 valence electrons. The van der Waals surface area contributed by atoms with Crippen LogP contribution >= 0.6 is 0 Å². The van der Waals surface area contributed by atoms with Crippen molar-refractivity contribution in [3.05, 3.63) is 34.4 Å². The molecule has 0 radical (unpaired) electrons. The van der Waals surface area contributed by atoms with Crippen LogP contribution < -0.4 is 15.8 Å². The summed E-state index contributed by atoms with van der Waals surface area (Å²) < 4.78 is 26.6. The molecular formula is C14H20N4O5S. The molecule has 0 aliphatic heterocycles. The first-order valence-electron chi connectivity index (χ1n) is 7.57. The average Bonchev–Trinajstić information content (AvgIpc) is 2.98. The molecule has 0 spiro atoms. The summed E-state index contributed by atoms with van der Waals surface area (Å²) in [4.78, 5) is 21.7. The predicted octanol–water partition coefficient (Wildman–Crippen LogP) is 0.117. The quantitative estimate of drug-likeness (QED) is 0.359. The van der Waals surface area contributed by atoms with Crippen LogP contribution in [-0.2, 0) is 14.8 Å². The lowest BCUT2D eigenvalue weighted by Crippen LogP contribution is -2.37. The van der Waals surface area contributed by atoms with Gasteiger partial charge in [-0.2, -0.15) is 0 Å². The van der Waals surface area contributed by atoms with E-state index in [2.05, 4.69) is 10.0 Å². The van der Waals surface area contributed by atoms with Crippen LogP contribution in [0.2, 0.25) is 0 Å². The van der Waals surface area contributed by atoms with Crippen LogP contribution in [0.4, 0.5) is 5.69 Å². The van der Waals surface area contributed by atoms with Crippen LogP contribution in [0.25, 0.3) is 0 Å². The lowest BCUT2D eigenvalue weighted by atomic mass is 10.1. The number of nitrogens with zero attached hydrogens (tertiary/aromatic N) is 1. The number of sulfonamides is 1. The first kappa shape index (κ1) is 18.3. The standard InChI is InChI=1S/C14H20N4O5S/c15-11-6-5-10(9-11)14(19)16-7-8-17-24(22,23)13-4-2-1-3-12(13)18(20)21/h1-4,10-11,17H,5-9,15H2,(H,16,19). The maximum atomic E-state index is 12.2. The molecule has 0 bridgehead atoms. The van der Waals surface area contributed by atoms with E-state index in [1.54, 1.807) is 0 Å². The van der Waals surface area contributed by atoms with Gasteiger partial charge in [0.25, 0.3) is 5.69 Å². The minimum atomic E-state index is -4.02. The van der Waals surface area contributed by atoms with E-state index in [4.69, 9.17) is 5.73 Å². The average molecular weight is 356 g/mol. The lowest BCUT2D eigenvalue weighted by Gasteiger charge is -2.11. The first-order valence-corrected chi connectivity index (χ1v) is 9.06. The molecule has 2 rings (SSSR count). The molecule has 1 aromatic carbocycles. The number of para-hydroxylation sites is 1. The first-order chi connectivity index (χ1) is 11.3. The summed E-state index contributed by atoms with van der Waals surface area (Å²) in [5.74, 6) is -0.278. The zero-order valence-electron chi connectivity index (χ0n) is 13.0. The summed E-state index contributed by atoms with van der Waals surface area (Å²) in [6, 6.07) is 5.13. The van der Waals surface area contributed by atoms with E-state index in [9.17, 15) is 23.3 Å². The largest absolute Gasteiger partial charge is 0.355 e. The molecule has 9 nitrogen and oxygen atoms in total. The van der Waals surface area contributed by atoms with Crippen molar-refractivity contribution in [2.75, 3.05) is 13.1 Å². The van der Waals surface area contributed by atoms with E-state index >= 15 is 0 Å². The zero-order valence-corrected chi connectivity index (χ0v) is 13.8. The van der Waals surface area contributed by atoms with E-state index in [0.717, 1.165) is 18.9 Å². The van der Waals surface area contributed by atoms with Gasteiger partial charge in [0.05, 0.1) is 4.92 Å². The van der Waals surface area contributed by atoms with Gasteiger partial charge in [-0.15, -0.1) is 0 Å². The van der Waals surface area contributed by atoms with Gasteiger partial charge in [-0.3, -0.25) is 14.9 Å². The second kappa shape index (κ2) is 7.69. The number of amides is 1. The molecule has 4 N–H and O–H groups in total. The van der Waals surface area contributed by atoms with Gasteiger partial charge in [0.15, 0.2) is 4.90 Å². The van der Waals surface area contributed by atoms with Crippen molar-refractivity contribution < 1.29 is 18.1 Å². The van der Waals surface area contributed by atoms with E-state index in [1.807, 2.05) is 0 Å². The Morgan fingerprint density at radius 2 is 2.00 bits per heavy atom. The fourth-order valence-electron chi connectivity index (χ4n) is 2.68. The Morgan fingerprint density at radius 1 is 1.29 bits per heavy atom. The monoisotopic (exact) mass is 356 g/mol. The number of hydrogen-bond acceptors (Lipinski definition) is 6. The molecule has 1 fully saturated rings. The molecule has 1 aliphatic carbocycles. The predicted molar refractivity (Wildman–Crippen MR) is 86.6 cm³/mol. The Bertz CT molecular complexity index is 722. The number of nitro benzene ring substituents is 1. The Kier molecular flexibility index (Phi) is 5.86. The van der Waals surface area contributed by atoms with E-state index in [1.165, 1.54) is 18.2 Å². The Labute approximate surface area is 139 Å². The van der Waals surface area contributed by atoms with Gasteiger partial charge in [0.2, 0.25) is 15.9 Å². The smallest absolute Gasteiger partial charge is 0.289 e. The summed E-state index contributed by atoms with van der Waals surface area (Å²) in [7, 11) is -4.02. The summed E-state index contributed by atoms with van der Waals surface area (Å²) in [5, 5.41) is 13.6. The van der Waals surface area contributed by atoms with Gasteiger partial charge in [0.1, 0.15) is 0 Å². The van der Waals surface area contributed by atoms with Crippen LogP contribution in [0.5, 0.6) is 0 Å². The fraction of sp³-hybridized carbons (Fsp3) is 0.500. The third-order valence-corrected chi connectivity index (χ3v) is 5.42. The number of benzene rings is 1. The molecular weight excluding hydrogens is 336 g/mol. The Morgan fingerprint density at radius 3 is 2.62 bits per heavy atom. The second-order valence-electron chi connectivity index (χ2n) is 5.68. The molecule has 10 heteroatoms. The highest BCUT2D eigenvalue weighted by atomic mass is 32.2. The Hall–Kier alpha value is -2.04. The van der Waals surface area contributed by atoms with Gasteiger partial charge in [-0.05, 0) is 25.3 Å². The van der Waals surface area contributed by atoms with Gasteiger partial charge in [-0.1, -0.05) is 12.1 Å². The highest BCUT2D eigenvalue weighted by Crippen LogP contribution is 2.24. The minimum Gasteiger partial charge on any atom is -0.355 e. The topological polar surface area (TPSA) is 144 Å². The zero-order chi connectivity index (χ0) is 17.7. The number of nitrogens with one attached hydrogen (secondary N) is 2. The van der Waals surface area contributed by atoms with Crippen molar-refractivity contribution in [1.29, 1.82) is 0 Å². The van der Waals surface area contributed by atoms with Crippen LogP contribution in [0.1, 0.15) is 19.3 Å². The molecule has 1 saturated carbocycles. The molecule has 1 aromatic rings. The summed E-state index contributed by atoms with van der Waals surface area (Å²) in [6.45, 7) is 0.0450. The third-order valence-electron chi connectivity index (χ3n) is 3.91. The van der Waals surface area contributed by atoms with Crippen LogP contribution in [0, 0.1) is 16.0 Å². The van der Waals surface area contributed by atoms with Crippen LogP contribution in [0.15, 0.2) is 29.2 Å². The van der Waals surface area contributed by atoms with Gasteiger partial charge in [0, 0.05) is 31.1 Å². The third kappa shape index (κ3) is 4.49. The normalized spacial score (nSPS) is 20.7. The number of hydrogen-bond donors (Lipinski definition) is 3. The summed E-state index contributed by atoms with van der Waals surface area (Å²) in [6.07, 6.45) is 2.17. The van der Waals surface area contributed by atoms with Crippen LogP contribution in [0.3, 0.4) is 0 Å². The van der Waals surface area contributed by atoms with Crippen LogP contribution in [-0.4, -0.2) is 38.4 Å². The van der Waals surface area contributed by atoms with Crippen molar-refractivity contribution >= 4 is 21.6 Å². The van der Waals surface area contributed by atoms with Gasteiger partial charge in [-0.25, -0.2) is 13.1 Å². The maximum absolute atomic E-state index is 12.2. The van der Waals surface area contributed by atoms with Crippen molar-refractivity contribution in [1.82, 2.24) is 10.0 Å². The van der Waals surface area contributed by atoms with Gasteiger partial charge >= 0.3 is 0 Å². The SMILES string of the molecule is NC1CCC(C(=O)NCCNS(=O)(=O)c2ccccc2[N+](=O)[O-])C1. The fourth-order valence-corrected chi connectivity index (χ4v) is 3.88. The van der Waals surface area contributed by atoms with E-state index in [0.29, 0.717) is 6.42 Å². The van der Waals surface area contributed by atoms with Gasteiger partial charge < -0.3 is 11.1 Å². The number of rotatable bonds is 7. The van der Waals surface area contributed by atoms with Crippen molar-refractivity contribution in [2.45, 2.75) is 30.2 Å². The highest BCUT2D eigenvalue weighted by molar-refractivity contribution is 7.89. The molecule has 0 saturated heterocycles.